The molecule has 2 aromatic carbocycles. The third-order valence-corrected chi connectivity index (χ3v) is 2.92. The first-order valence-corrected chi connectivity index (χ1v) is 6.84. The largest absolute Gasteiger partial charge is 0.493 e. The predicted octanol–water partition coefficient (Wildman–Crippen LogP) is 3.45. The summed E-state index contributed by atoms with van der Waals surface area (Å²) in [6.07, 6.45) is 0.654. The van der Waals surface area contributed by atoms with Gasteiger partial charge in [0, 0.05) is 12.5 Å². The van der Waals surface area contributed by atoms with Crippen molar-refractivity contribution in [3.05, 3.63) is 58.6 Å². The van der Waals surface area contributed by atoms with E-state index in [2.05, 4.69) is 0 Å². The van der Waals surface area contributed by atoms with Gasteiger partial charge in [0.15, 0.2) is 11.5 Å². The van der Waals surface area contributed by atoms with Gasteiger partial charge in [-0.15, -0.1) is 0 Å². The minimum Gasteiger partial charge on any atom is -0.493 e. The van der Waals surface area contributed by atoms with E-state index in [0.29, 0.717) is 31.1 Å². The van der Waals surface area contributed by atoms with Crippen molar-refractivity contribution in [2.75, 3.05) is 20.3 Å². The Labute approximate surface area is 128 Å². The Kier molecular flexibility index (Phi) is 5.59. The van der Waals surface area contributed by atoms with Gasteiger partial charge in [-0.25, -0.2) is 0 Å². The van der Waals surface area contributed by atoms with Gasteiger partial charge in [-0.1, -0.05) is 18.2 Å². The highest BCUT2D eigenvalue weighted by molar-refractivity contribution is 5.48. The highest BCUT2D eigenvalue weighted by atomic mass is 16.6. The normalized spacial score (nSPS) is 10.0. The Hall–Kier alpha value is -2.76. The maximum atomic E-state index is 10.8. The van der Waals surface area contributed by atoms with Crippen molar-refractivity contribution in [3.8, 4) is 17.2 Å². The van der Waals surface area contributed by atoms with Crippen LogP contribution >= 0.6 is 0 Å². The number of nitrogens with zero attached hydrogens (tertiary/aromatic N) is 1. The number of ether oxygens (including phenoxy) is 3. The van der Waals surface area contributed by atoms with Crippen LogP contribution in [0.2, 0.25) is 0 Å². The number of hydrogen-bond donors (Lipinski definition) is 0. The van der Waals surface area contributed by atoms with E-state index in [1.807, 2.05) is 30.3 Å². The average molecular weight is 303 g/mol. The summed E-state index contributed by atoms with van der Waals surface area (Å²) in [5.41, 5.74) is -0.0312. The number of para-hydroxylation sites is 1. The van der Waals surface area contributed by atoms with E-state index in [1.165, 1.54) is 25.3 Å². The van der Waals surface area contributed by atoms with Gasteiger partial charge >= 0.3 is 0 Å². The monoisotopic (exact) mass is 303 g/mol. The second-order valence-electron chi connectivity index (χ2n) is 4.46. The van der Waals surface area contributed by atoms with Gasteiger partial charge in [-0.05, 0) is 18.2 Å². The summed E-state index contributed by atoms with van der Waals surface area (Å²) in [5, 5.41) is 10.8. The summed E-state index contributed by atoms with van der Waals surface area (Å²) in [4.78, 5) is 10.3. The zero-order valence-corrected chi connectivity index (χ0v) is 12.2. The molecule has 0 spiro atoms. The molecule has 0 aromatic heterocycles. The molecule has 0 unspecified atom stereocenters. The quantitative estimate of drug-likeness (QED) is 0.424. The van der Waals surface area contributed by atoms with E-state index >= 15 is 0 Å². The van der Waals surface area contributed by atoms with Crippen molar-refractivity contribution in [1.82, 2.24) is 0 Å². The van der Waals surface area contributed by atoms with Crippen molar-refractivity contribution in [1.29, 1.82) is 0 Å². The highest BCUT2D eigenvalue weighted by Crippen LogP contribution is 2.31. The number of nitro benzene ring substituents is 1. The van der Waals surface area contributed by atoms with Crippen molar-refractivity contribution in [3.63, 3.8) is 0 Å². The average Bonchev–Trinajstić information content (AvgIpc) is 2.55. The van der Waals surface area contributed by atoms with Crippen LogP contribution in [0.5, 0.6) is 17.2 Å². The fourth-order valence-electron chi connectivity index (χ4n) is 1.84. The molecule has 0 aliphatic rings. The number of hydrogen-bond acceptors (Lipinski definition) is 5. The number of nitro groups is 1. The Morgan fingerprint density at radius 3 is 2.41 bits per heavy atom. The molecule has 6 nitrogen and oxygen atoms in total. The molecular formula is C16H17NO5. The van der Waals surface area contributed by atoms with Crippen LogP contribution in [-0.4, -0.2) is 25.2 Å². The number of benzene rings is 2. The second kappa shape index (κ2) is 7.87. The smallest absolute Gasteiger partial charge is 0.273 e. The molecule has 0 radical (unpaired) electrons. The summed E-state index contributed by atoms with van der Waals surface area (Å²) in [5.74, 6) is 1.63. The molecule has 116 valence electrons. The molecule has 2 aromatic rings. The molecule has 2 rings (SSSR count). The summed E-state index contributed by atoms with van der Waals surface area (Å²) >= 11 is 0. The van der Waals surface area contributed by atoms with Crippen molar-refractivity contribution >= 4 is 5.69 Å². The Bertz CT molecular complexity index is 615. The SMILES string of the molecule is COc1ccc([N+](=O)[O-])cc1OCCCOc1ccccc1. The molecule has 0 saturated heterocycles. The summed E-state index contributed by atoms with van der Waals surface area (Å²) in [6.45, 7) is 0.881. The Morgan fingerprint density at radius 1 is 1.00 bits per heavy atom. The topological polar surface area (TPSA) is 70.8 Å². The third-order valence-electron chi connectivity index (χ3n) is 2.92. The van der Waals surface area contributed by atoms with Crippen LogP contribution in [0.1, 0.15) is 6.42 Å². The lowest BCUT2D eigenvalue weighted by atomic mass is 10.3. The molecule has 0 fully saturated rings. The molecule has 6 heteroatoms. The summed E-state index contributed by atoms with van der Waals surface area (Å²) < 4.78 is 16.2. The van der Waals surface area contributed by atoms with Crippen LogP contribution in [0.25, 0.3) is 0 Å². The zero-order valence-electron chi connectivity index (χ0n) is 12.2. The van der Waals surface area contributed by atoms with Gasteiger partial charge < -0.3 is 14.2 Å². The molecule has 0 N–H and O–H groups in total. The molecule has 0 saturated carbocycles. The molecule has 0 amide bonds. The van der Waals surface area contributed by atoms with Gasteiger partial charge in [-0.2, -0.15) is 0 Å². The van der Waals surface area contributed by atoms with Crippen molar-refractivity contribution < 1.29 is 19.1 Å². The fraction of sp³-hybridized carbons (Fsp3) is 0.250. The van der Waals surface area contributed by atoms with E-state index in [9.17, 15) is 10.1 Å². The van der Waals surface area contributed by atoms with Crippen LogP contribution in [0.3, 0.4) is 0 Å². The number of rotatable bonds is 8. The molecule has 22 heavy (non-hydrogen) atoms. The lowest BCUT2D eigenvalue weighted by Crippen LogP contribution is -2.06. The maximum Gasteiger partial charge on any atom is 0.273 e. The lowest BCUT2D eigenvalue weighted by molar-refractivity contribution is -0.385. The standard InChI is InChI=1S/C16H17NO5/c1-20-15-9-8-13(17(18)19)12-16(15)22-11-5-10-21-14-6-3-2-4-7-14/h2-4,6-9,12H,5,10-11H2,1H3. The third kappa shape index (κ3) is 4.37. The Balaban J connectivity index is 1.83. The number of methoxy groups -OCH3 is 1. The molecular weight excluding hydrogens is 286 g/mol. The number of non-ortho nitro benzene ring substituents is 1. The van der Waals surface area contributed by atoms with Crippen molar-refractivity contribution in [2.24, 2.45) is 0 Å². The first-order chi connectivity index (χ1) is 10.7. The van der Waals surface area contributed by atoms with E-state index < -0.39 is 4.92 Å². The van der Waals surface area contributed by atoms with Gasteiger partial charge in [-0.3, -0.25) is 10.1 Å². The van der Waals surface area contributed by atoms with E-state index in [1.54, 1.807) is 0 Å². The van der Waals surface area contributed by atoms with Gasteiger partial charge in [0.1, 0.15) is 5.75 Å². The molecule has 0 aliphatic carbocycles. The summed E-state index contributed by atoms with van der Waals surface area (Å²) in [7, 11) is 1.49. The van der Waals surface area contributed by atoms with Crippen LogP contribution in [0, 0.1) is 10.1 Å². The van der Waals surface area contributed by atoms with Gasteiger partial charge in [0.05, 0.1) is 31.3 Å². The molecule has 0 atom stereocenters. The van der Waals surface area contributed by atoms with Crippen LogP contribution in [0.4, 0.5) is 5.69 Å². The van der Waals surface area contributed by atoms with Gasteiger partial charge in [0.25, 0.3) is 5.69 Å². The second-order valence-corrected chi connectivity index (χ2v) is 4.46. The van der Waals surface area contributed by atoms with Crippen LogP contribution < -0.4 is 14.2 Å². The summed E-state index contributed by atoms with van der Waals surface area (Å²) in [6, 6.07) is 13.7. The Morgan fingerprint density at radius 2 is 1.73 bits per heavy atom. The molecule has 0 heterocycles. The first kappa shape index (κ1) is 15.6. The highest BCUT2D eigenvalue weighted by Gasteiger charge is 2.12. The van der Waals surface area contributed by atoms with E-state index in [-0.39, 0.29) is 5.69 Å². The molecule has 0 aliphatic heterocycles. The molecule has 0 bridgehead atoms. The van der Waals surface area contributed by atoms with Crippen LogP contribution in [0.15, 0.2) is 48.5 Å². The van der Waals surface area contributed by atoms with Crippen LogP contribution in [-0.2, 0) is 0 Å². The fourth-order valence-corrected chi connectivity index (χ4v) is 1.84. The van der Waals surface area contributed by atoms with E-state index in [0.717, 1.165) is 5.75 Å². The van der Waals surface area contributed by atoms with E-state index in [4.69, 9.17) is 14.2 Å². The van der Waals surface area contributed by atoms with Gasteiger partial charge in [0.2, 0.25) is 0 Å². The maximum absolute atomic E-state index is 10.8. The van der Waals surface area contributed by atoms with Crippen molar-refractivity contribution in [2.45, 2.75) is 6.42 Å². The zero-order chi connectivity index (χ0) is 15.8. The first-order valence-electron chi connectivity index (χ1n) is 6.84. The predicted molar refractivity (Wildman–Crippen MR) is 81.7 cm³/mol. The lowest BCUT2D eigenvalue weighted by Gasteiger charge is -2.11. The minimum atomic E-state index is -0.467. The minimum absolute atomic E-state index is 0.0312.